The SMILES string of the molecule is C[C@@H](CN1C[C@H]2C[C@@H]1C(=O)N2[C@H](c1ccc(F)cc1)C1CCC1)C(=O)N1C2C[C@H]2C[C@H]1C#N. The van der Waals surface area contributed by atoms with Crippen molar-refractivity contribution in [2.75, 3.05) is 13.1 Å². The van der Waals surface area contributed by atoms with E-state index < -0.39 is 0 Å². The number of rotatable bonds is 6. The molecule has 1 aromatic carbocycles. The number of likely N-dealkylation sites (tertiary alicyclic amines) is 3. The summed E-state index contributed by atoms with van der Waals surface area (Å²) in [6.07, 6.45) is 6.05. The minimum atomic E-state index is -0.283. The van der Waals surface area contributed by atoms with Crippen LogP contribution in [0.3, 0.4) is 0 Å². The average Bonchev–Trinajstić information content (AvgIpc) is 3.11. The van der Waals surface area contributed by atoms with Crippen LogP contribution in [-0.2, 0) is 9.59 Å². The highest BCUT2D eigenvalue weighted by Crippen LogP contribution is 2.49. The summed E-state index contributed by atoms with van der Waals surface area (Å²) >= 11 is 0. The van der Waals surface area contributed by atoms with Gasteiger partial charge in [0, 0.05) is 31.1 Å². The quantitative estimate of drug-likeness (QED) is 0.668. The van der Waals surface area contributed by atoms with Crippen LogP contribution in [-0.4, -0.2) is 63.8 Å². The smallest absolute Gasteiger partial charge is 0.240 e. The lowest BCUT2D eigenvalue weighted by Crippen LogP contribution is -2.55. The van der Waals surface area contributed by atoms with Crippen LogP contribution in [0, 0.1) is 34.9 Å². The maximum absolute atomic E-state index is 13.5. The molecule has 33 heavy (non-hydrogen) atoms. The lowest BCUT2D eigenvalue weighted by molar-refractivity contribution is -0.144. The molecule has 1 aromatic rings. The summed E-state index contributed by atoms with van der Waals surface area (Å²) in [5.74, 6) is 0.707. The zero-order valence-corrected chi connectivity index (χ0v) is 19.1. The molecule has 0 spiro atoms. The number of carbonyl (C=O) groups excluding carboxylic acids is 2. The van der Waals surface area contributed by atoms with Crippen molar-refractivity contribution in [3.8, 4) is 6.07 Å². The zero-order chi connectivity index (χ0) is 22.9. The molecule has 5 aliphatic rings. The van der Waals surface area contributed by atoms with E-state index >= 15 is 0 Å². The van der Waals surface area contributed by atoms with E-state index in [1.54, 1.807) is 0 Å². The molecule has 2 aliphatic carbocycles. The van der Waals surface area contributed by atoms with Crippen molar-refractivity contribution in [1.82, 2.24) is 14.7 Å². The molecule has 6 rings (SSSR count). The van der Waals surface area contributed by atoms with E-state index in [9.17, 15) is 19.2 Å². The third-order valence-corrected chi connectivity index (χ3v) is 8.86. The van der Waals surface area contributed by atoms with Crippen molar-refractivity contribution < 1.29 is 14.0 Å². The Balaban J connectivity index is 1.15. The predicted molar refractivity (Wildman–Crippen MR) is 119 cm³/mol. The third-order valence-electron chi connectivity index (χ3n) is 8.86. The van der Waals surface area contributed by atoms with E-state index in [4.69, 9.17) is 0 Å². The lowest BCUT2D eigenvalue weighted by Gasteiger charge is -2.45. The van der Waals surface area contributed by atoms with E-state index in [0.717, 1.165) is 44.2 Å². The van der Waals surface area contributed by atoms with Gasteiger partial charge in [0.15, 0.2) is 0 Å². The Hall–Kier alpha value is -2.46. The number of piperidine rings is 1. The van der Waals surface area contributed by atoms with Gasteiger partial charge in [0.2, 0.25) is 11.8 Å². The molecule has 2 bridgehead atoms. The zero-order valence-electron chi connectivity index (χ0n) is 19.1. The second-order valence-corrected chi connectivity index (χ2v) is 10.9. The Morgan fingerprint density at radius 2 is 1.97 bits per heavy atom. The van der Waals surface area contributed by atoms with Gasteiger partial charge in [0.25, 0.3) is 0 Å². The highest BCUT2D eigenvalue weighted by molar-refractivity contribution is 5.86. The van der Waals surface area contributed by atoms with Gasteiger partial charge in [-0.05, 0) is 61.6 Å². The number of carbonyl (C=O) groups is 2. The fourth-order valence-electron chi connectivity index (χ4n) is 6.90. The van der Waals surface area contributed by atoms with Gasteiger partial charge in [-0.15, -0.1) is 0 Å². The number of hydrogen-bond acceptors (Lipinski definition) is 4. The molecule has 3 saturated heterocycles. The van der Waals surface area contributed by atoms with Gasteiger partial charge in [-0.1, -0.05) is 25.5 Å². The average molecular weight is 451 g/mol. The first-order valence-corrected chi connectivity index (χ1v) is 12.5. The molecular formula is C26H31FN4O2. The highest BCUT2D eigenvalue weighted by atomic mass is 19.1. The van der Waals surface area contributed by atoms with Crippen molar-refractivity contribution in [2.45, 2.75) is 75.7 Å². The van der Waals surface area contributed by atoms with Gasteiger partial charge < -0.3 is 9.80 Å². The van der Waals surface area contributed by atoms with E-state index in [1.165, 1.54) is 18.6 Å². The molecule has 7 atom stereocenters. The van der Waals surface area contributed by atoms with E-state index in [2.05, 4.69) is 15.9 Å². The maximum atomic E-state index is 13.5. The summed E-state index contributed by atoms with van der Waals surface area (Å²) in [5, 5.41) is 9.45. The molecular weight excluding hydrogens is 419 g/mol. The second-order valence-electron chi connectivity index (χ2n) is 10.9. The Morgan fingerprint density at radius 3 is 2.61 bits per heavy atom. The van der Waals surface area contributed by atoms with Crippen LogP contribution in [0.25, 0.3) is 0 Å². The molecule has 3 aliphatic heterocycles. The molecule has 0 aromatic heterocycles. The second kappa shape index (κ2) is 7.80. The first kappa shape index (κ1) is 21.1. The molecule has 1 unspecified atom stereocenters. The lowest BCUT2D eigenvalue weighted by atomic mass is 9.76. The minimum absolute atomic E-state index is 0.0239. The summed E-state index contributed by atoms with van der Waals surface area (Å²) in [5.41, 5.74) is 1.03. The maximum Gasteiger partial charge on any atom is 0.240 e. The number of piperazine rings is 1. The number of nitrogens with zero attached hydrogens (tertiary/aromatic N) is 4. The summed E-state index contributed by atoms with van der Waals surface area (Å²) in [6.45, 7) is 3.29. The van der Waals surface area contributed by atoms with Crippen molar-refractivity contribution in [3.05, 3.63) is 35.6 Å². The van der Waals surface area contributed by atoms with Gasteiger partial charge in [0.05, 0.1) is 18.2 Å². The van der Waals surface area contributed by atoms with Crippen molar-refractivity contribution in [2.24, 2.45) is 17.8 Å². The van der Waals surface area contributed by atoms with Gasteiger partial charge in [-0.2, -0.15) is 5.26 Å². The Morgan fingerprint density at radius 1 is 1.21 bits per heavy atom. The minimum Gasteiger partial charge on any atom is -0.330 e. The third kappa shape index (κ3) is 3.37. The van der Waals surface area contributed by atoms with Gasteiger partial charge in [-0.25, -0.2) is 4.39 Å². The van der Waals surface area contributed by atoms with Crippen molar-refractivity contribution in [3.63, 3.8) is 0 Å². The van der Waals surface area contributed by atoms with Crippen LogP contribution in [0.4, 0.5) is 4.39 Å². The van der Waals surface area contributed by atoms with E-state index in [0.29, 0.717) is 18.4 Å². The predicted octanol–water partition coefficient (Wildman–Crippen LogP) is 3.10. The fourth-order valence-corrected chi connectivity index (χ4v) is 6.90. The Kier molecular flexibility index (Phi) is 4.99. The number of benzene rings is 1. The van der Waals surface area contributed by atoms with Crippen molar-refractivity contribution in [1.29, 1.82) is 5.26 Å². The number of fused-ring (bicyclic) bond motifs is 3. The molecule has 0 N–H and O–H groups in total. The number of hydrogen-bond donors (Lipinski definition) is 0. The summed E-state index contributed by atoms with van der Waals surface area (Å²) < 4.78 is 13.5. The van der Waals surface area contributed by atoms with Gasteiger partial charge in [-0.3, -0.25) is 14.5 Å². The first-order chi connectivity index (χ1) is 16.0. The molecule has 2 amide bonds. The molecule has 6 nitrogen and oxygen atoms in total. The molecule has 2 saturated carbocycles. The normalized spacial score (nSPS) is 34.7. The van der Waals surface area contributed by atoms with Crippen LogP contribution in [0.2, 0.25) is 0 Å². The summed E-state index contributed by atoms with van der Waals surface area (Å²) in [7, 11) is 0. The van der Waals surface area contributed by atoms with Crippen molar-refractivity contribution >= 4 is 11.8 Å². The Bertz CT molecular complexity index is 1000. The number of amides is 2. The van der Waals surface area contributed by atoms with Gasteiger partial charge in [0.1, 0.15) is 11.9 Å². The number of halogens is 1. The van der Waals surface area contributed by atoms with Crippen LogP contribution in [0.5, 0.6) is 0 Å². The van der Waals surface area contributed by atoms with Crippen LogP contribution >= 0.6 is 0 Å². The molecule has 3 heterocycles. The van der Waals surface area contributed by atoms with Crippen LogP contribution in [0.15, 0.2) is 24.3 Å². The molecule has 174 valence electrons. The number of nitriles is 1. The fraction of sp³-hybridized carbons (Fsp3) is 0.654. The highest BCUT2D eigenvalue weighted by Gasteiger charge is 2.56. The molecule has 7 heteroatoms. The largest absolute Gasteiger partial charge is 0.330 e. The van der Waals surface area contributed by atoms with Crippen LogP contribution < -0.4 is 0 Å². The van der Waals surface area contributed by atoms with E-state index in [-0.39, 0.29) is 53.8 Å². The molecule has 0 radical (unpaired) electrons. The summed E-state index contributed by atoms with van der Waals surface area (Å²) in [4.78, 5) is 32.8. The van der Waals surface area contributed by atoms with Gasteiger partial charge >= 0.3 is 0 Å². The van der Waals surface area contributed by atoms with Crippen LogP contribution in [0.1, 0.15) is 57.1 Å². The molecule has 5 fully saturated rings. The Labute approximate surface area is 194 Å². The monoisotopic (exact) mass is 450 g/mol. The topological polar surface area (TPSA) is 67.7 Å². The first-order valence-electron chi connectivity index (χ1n) is 12.5. The summed E-state index contributed by atoms with van der Waals surface area (Å²) in [6, 6.07) is 8.94. The standard InChI is InChI=1S/C26H31FN4O2/c1-15(25(32)30-20(12-28)9-18-10-22(18)30)13-29-14-21-11-23(29)26(33)31(21)24(16-3-2-4-16)17-5-7-19(27)8-6-17/h5-8,15-16,18,20-24H,2-4,9-11,13-14H2,1H3/t15-,18+,20-,21+,22?,23+,24-/m0/s1. The van der Waals surface area contributed by atoms with E-state index in [1.807, 2.05) is 24.0 Å².